The molecule has 0 saturated carbocycles. The number of ketones is 1. The molecule has 0 aliphatic carbocycles. The van der Waals surface area contributed by atoms with Gasteiger partial charge in [-0.15, -0.1) is 0 Å². The first-order valence-corrected chi connectivity index (χ1v) is 11.1. The average molecular weight is 540 g/mol. The zero-order chi connectivity index (χ0) is 28.1. The van der Waals surface area contributed by atoms with E-state index in [9.17, 15) is 32.3 Å². The lowest BCUT2D eigenvalue weighted by Crippen LogP contribution is -2.41. The maximum atomic E-state index is 13.2. The van der Waals surface area contributed by atoms with Gasteiger partial charge in [0.2, 0.25) is 17.4 Å². The van der Waals surface area contributed by atoms with E-state index in [2.05, 4.69) is 20.1 Å². The van der Waals surface area contributed by atoms with Crippen LogP contribution in [0.2, 0.25) is 0 Å². The summed E-state index contributed by atoms with van der Waals surface area (Å²) in [5.74, 6) is -4.53. The molecule has 38 heavy (non-hydrogen) atoms. The highest BCUT2D eigenvalue weighted by Crippen LogP contribution is 2.31. The molecule has 0 spiro atoms. The summed E-state index contributed by atoms with van der Waals surface area (Å²) in [7, 11) is 1.34. The minimum Gasteiger partial charge on any atom is -0.497 e. The molecule has 1 atom stereocenters. The molecular weight excluding hydrogens is 517 g/mol. The molecule has 11 nitrogen and oxygen atoms in total. The number of aromatic nitrogens is 1. The van der Waals surface area contributed by atoms with Crippen LogP contribution < -0.4 is 19.5 Å². The van der Waals surface area contributed by atoms with Crippen LogP contribution in [0.15, 0.2) is 36.5 Å². The number of pyridine rings is 1. The third-order valence-corrected chi connectivity index (χ3v) is 5.23. The first-order valence-electron chi connectivity index (χ1n) is 11.1. The molecular formula is C24H23F3N2O9. The van der Waals surface area contributed by atoms with Gasteiger partial charge in [-0.1, -0.05) is 0 Å². The van der Waals surface area contributed by atoms with Crippen molar-refractivity contribution in [3.8, 4) is 17.4 Å². The monoisotopic (exact) mass is 540 g/mol. The summed E-state index contributed by atoms with van der Waals surface area (Å²) < 4.78 is 53.2. The largest absolute Gasteiger partial charge is 0.497 e. The van der Waals surface area contributed by atoms with Crippen molar-refractivity contribution in [1.29, 1.82) is 0 Å². The summed E-state index contributed by atoms with van der Waals surface area (Å²) >= 11 is 0. The Balaban J connectivity index is 1.73. The van der Waals surface area contributed by atoms with E-state index in [0.29, 0.717) is 12.8 Å². The Hall–Kier alpha value is -4.36. The van der Waals surface area contributed by atoms with Crippen LogP contribution >= 0.6 is 0 Å². The second-order valence-corrected chi connectivity index (χ2v) is 8.54. The summed E-state index contributed by atoms with van der Waals surface area (Å²) in [6, 6.07) is 6.88. The zero-order valence-corrected chi connectivity index (χ0v) is 20.4. The minimum absolute atomic E-state index is 0.0388. The standard InChI is InChI=1S/C24H23F3N2O9/c1-23(2,21(32)37-38-22(33)24(25,26)27)36-17-10-15(34-3)6-7-16(17)20(31)13-4-9-19(28-11-13)35-12-14-5-8-18(30)29-14/h4,6-7,9-11,14H,5,8,12H2,1-3H3,(H,29,30)/t14-/m0/s1. The molecule has 1 aliphatic rings. The Morgan fingerprint density at radius 2 is 1.79 bits per heavy atom. The number of ether oxygens (including phenoxy) is 3. The highest BCUT2D eigenvalue weighted by molar-refractivity contribution is 6.10. The number of amides is 1. The fraction of sp³-hybridized carbons (Fsp3) is 0.375. The van der Waals surface area contributed by atoms with Crippen molar-refractivity contribution in [2.75, 3.05) is 13.7 Å². The van der Waals surface area contributed by atoms with E-state index in [1.54, 1.807) is 0 Å². The number of hydrogen-bond acceptors (Lipinski definition) is 10. The van der Waals surface area contributed by atoms with Crippen LogP contribution in [0.1, 0.15) is 42.6 Å². The quantitative estimate of drug-likeness (QED) is 0.287. The van der Waals surface area contributed by atoms with Crippen molar-refractivity contribution in [1.82, 2.24) is 10.3 Å². The molecule has 1 aromatic heterocycles. The predicted molar refractivity (Wildman–Crippen MR) is 120 cm³/mol. The maximum Gasteiger partial charge on any atom is 0.495 e. The van der Waals surface area contributed by atoms with Gasteiger partial charge in [0.25, 0.3) is 0 Å². The Morgan fingerprint density at radius 1 is 1.08 bits per heavy atom. The van der Waals surface area contributed by atoms with Crippen molar-refractivity contribution in [3.63, 3.8) is 0 Å². The van der Waals surface area contributed by atoms with Gasteiger partial charge < -0.3 is 19.5 Å². The van der Waals surface area contributed by atoms with Gasteiger partial charge >= 0.3 is 18.1 Å². The number of carbonyl (C=O) groups is 4. The van der Waals surface area contributed by atoms with Gasteiger partial charge in [-0.2, -0.15) is 13.2 Å². The highest BCUT2D eigenvalue weighted by atomic mass is 19.4. The molecule has 2 heterocycles. The lowest BCUT2D eigenvalue weighted by molar-refractivity contribution is -0.291. The van der Waals surface area contributed by atoms with Crippen molar-refractivity contribution in [3.05, 3.63) is 47.7 Å². The molecule has 1 fully saturated rings. The Labute approximate surface area is 214 Å². The first-order chi connectivity index (χ1) is 17.8. The number of hydrogen-bond donors (Lipinski definition) is 1. The van der Waals surface area contributed by atoms with Crippen LogP contribution in [-0.2, 0) is 24.2 Å². The first kappa shape index (κ1) is 28.2. The summed E-state index contributed by atoms with van der Waals surface area (Å²) in [5, 5.41) is 2.76. The molecule has 1 aliphatic heterocycles. The van der Waals surface area contributed by atoms with Gasteiger partial charge in [0.15, 0.2) is 5.78 Å². The van der Waals surface area contributed by atoms with E-state index < -0.39 is 29.5 Å². The van der Waals surface area contributed by atoms with E-state index in [4.69, 9.17) is 14.2 Å². The molecule has 1 amide bonds. The molecule has 204 valence electrons. The molecule has 1 aromatic carbocycles. The number of rotatable bonds is 9. The number of nitrogens with one attached hydrogen (secondary N) is 1. The molecule has 2 aromatic rings. The molecule has 0 unspecified atom stereocenters. The topological polar surface area (TPSA) is 139 Å². The second kappa shape index (κ2) is 11.4. The third kappa shape index (κ3) is 7.11. The second-order valence-electron chi connectivity index (χ2n) is 8.54. The molecule has 14 heteroatoms. The van der Waals surface area contributed by atoms with Crippen LogP contribution in [-0.4, -0.2) is 60.1 Å². The normalized spacial score (nSPS) is 15.3. The number of methoxy groups -OCH3 is 1. The summed E-state index contributed by atoms with van der Waals surface area (Å²) in [5.41, 5.74) is -1.91. The van der Waals surface area contributed by atoms with E-state index in [1.165, 1.54) is 43.6 Å². The lowest BCUT2D eigenvalue weighted by atomic mass is 10.0. The van der Waals surface area contributed by atoms with Gasteiger partial charge in [-0.25, -0.2) is 24.3 Å². The van der Waals surface area contributed by atoms with Gasteiger partial charge in [0.1, 0.15) is 18.1 Å². The maximum absolute atomic E-state index is 13.2. The van der Waals surface area contributed by atoms with E-state index in [-0.39, 0.29) is 47.1 Å². The zero-order valence-electron chi connectivity index (χ0n) is 20.4. The lowest BCUT2D eigenvalue weighted by Gasteiger charge is -2.24. The van der Waals surface area contributed by atoms with Gasteiger partial charge in [-0.05, 0) is 38.5 Å². The summed E-state index contributed by atoms with van der Waals surface area (Å²) in [6.07, 6.45) is -3.05. The third-order valence-electron chi connectivity index (χ3n) is 5.23. The van der Waals surface area contributed by atoms with Crippen LogP contribution in [0.25, 0.3) is 0 Å². The number of nitrogens with zero attached hydrogens (tertiary/aromatic N) is 1. The van der Waals surface area contributed by atoms with Crippen molar-refractivity contribution in [2.45, 2.75) is 44.5 Å². The minimum atomic E-state index is -5.38. The molecule has 0 bridgehead atoms. The molecule has 0 radical (unpaired) electrons. The number of benzene rings is 1. The number of alkyl halides is 3. The summed E-state index contributed by atoms with van der Waals surface area (Å²) in [6.45, 7) is 2.47. The fourth-order valence-corrected chi connectivity index (χ4v) is 3.19. The van der Waals surface area contributed by atoms with E-state index in [1.807, 2.05) is 0 Å². The Bertz CT molecular complexity index is 1210. The Morgan fingerprint density at radius 3 is 2.37 bits per heavy atom. The average Bonchev–Trinajstić information content (AvgIpc) is 3.29. The van der Waals surface area contributed by atoms with Crippen molar-refractivity contribution >= 4 is 23.6 Å². The van der Waals surface area contributed by atoms with Crippen molar-refractivity contribution in [2.24, 2.45) is 0 Å². The van der Waals surface area contributed by atoms with Crippen LogP contribution in [0.3, 0.4) is 0 Å². The van der Waals surface area contributed by atoms with Crippen LogP contribution in [0.5, 0.6) is 17.4 Å². The van der Waals surface area contributed by atoms with Gasteiger partial charge in [0.05, 0.1) is 18.7 Å². The van der Waals surface area contributed by atoms with Gasteiger partial charge in [0, 0.05) is 30.3 Å². The Kier molecular flexibility index (Phi) is 8.43. The summed E-state index contributed by atoms with van der Waals surface area (Å²) in [4.78, 5) is 59.2. The van der Waals surface area contributed by atoms with Gasteiger partial charge in [-0.3, -0.25) is 9.59 Å². The smallest absolute Gasteiger partial charge is 0.495 e. The highest BCUT2D eigenvalue weighted by Gasteiger charge is 2.44. The van der Waals surface area contributed by atoms with Crippen molar-refractivity contribution < 1.29 is 56.3 Å². The van der Waals surface area contributed by atoms with Crippen LogP contribution in [0, 0.1) is 0 Å². The van der Waals surface area contributed by atoms with E-state index in [0.717, 1.165) is 13.8 Å². The predicted octanol–water partition coefficient (Wildman–Crippen LogP) is 2.70. The molecule has 1 N–H and O–H groups in total. The number of carbonyl (C=O) groups excluding carboxylic acids is 4. The fourth-order valence-electron chi connectivity index (χ4n) is 3.19. The van der Waals surface area contributed by atoms with E-state index >= 15 is 0 Å². The molecule has 1 saturated heterocycles. The number of halogens is 3. The molecule has 3 rings (SSSR count). The van der Waals surface area contributed by atoms with Crippen LogP contribution in [0.4, 0.5) is 13.2 Å². The SMILES string of the molecule is COc1ccc(C(=O)c2ccc(OC[C@@H]3CCC(=O)N3)nc2)c(OC(C)(C)C(=O)OOC(=O)C(F)(F)F)c1.